The molecule has 1 amide bonds. The van der Waals surface area contributed by atoms with Crippen molar-refractivity contribution in [3.8, 4) is 0 Å². The molecule has 120 valence electrons. The predicted molar refractivity (Wildman–Crippen MR) is 81.9 cm³/mol. The fourth-order valence-electron chi connectivity index (χ4n) is 1.51. The van der Waals surface area contributed by atoms with Gasteiger partial charge in [-0.3, -0.25) is 4.79 Å². The molecule has 0 aromatic rings. The molecule has 0 heterocycles. The van der Waals surface area contributed by atoms with Crippen LogP contribution >= 0.6 is 0 Å². The van der Waals surface area contributed by atoms with Crippen molar-refractivity contribution < 1.29 is 14.3 Å². The zero-order valence-electron chi connectivity index (χ0n) is 13.5. The molecule has 0 aromatic heterocycles. The van der Waals surface area contributed by atoms with E-state index >= 15 is 0 Å². The van der Waals surface area contributed by atoms with Gasteiger partial charge in [-0.25, -0.2) is 0 Å². The Hall–Kier alpha value is -0.650. The average Bonchev–Trinajstić information content (AvgIpc) is 2.38. The van der Waals surface area contributed by atoms with Crippen molar-refractivity contribution in [3.05, 3.63) is 0 Å². The second-order valence-corrected chi connectivity index (χ2v) is 5.62. The number of ether oxygens (including phenoxy) is 2. The van der Waals surface area contributed by atoms with E-state index in [9.17, 15) is 4.79 Å². The number of hydrogen-bond donors (Lipinski definition) is 2. The predicted octanol–water partition coefficient (Wildman–Crippen LogP) is 1.57. The highest BCUT2D eigenvalue weighted by molar-refractivity contribution is 5.75. The zero-order valence-corrected chi connectivity index (χ0v) is 13.5. The Morgan fingerprint density at radius 3 is 2.10 bits per heavy atom. The molecule has 5 nitrogen and oxygen atoms in total. The van der Waals surface area contributed by atoms with Crippen molar-refractivity contribution >= 4 is 5.91 Å². The Balaban J connectivity index is 3.14. The molecule has 0 saturated heterocycles. The van der Waals surface area contributed by atoms with Gasteiger partial charge in [0.1, 0.15) is 0 Å². The largest absolute Gasteiger partial charge is 0.378 e. The number of hydrogen-bond acceptors (Lipinski definition) is 4. The van der Waals surface area contributed by atoms with E-state index in [1.807, 2.05) is 0 Å². The maximum absolute atomic E-state index is 11.4. The Morgan fingerprint density at radius 1 is 0.950 bits per heavy atom. The number of nitrogens with one attached hydrogen (secondary N) is 2. The molecule has 20 heavy (non-hydrogen) atoms. The number of amides is 1. The third-order valence-electron chi connectivity index (χ3n) is 2.69. The molecule has 0 fully saturated rings. The standard InChI is InChI=1S/C15H32N2O3/c1-13(2)5-6-15(18)17-8-10-20-12-11-19-9-7-16-14(3)4/h13-14,16H,5-12H2,1-4H3,(H,17,18). The first-order valence-corrected chi connectivity index (χ1v) is 7.68. The number of rotatable bonds is 13. The monoisotopic (exact) mass is 288 g/mol. The van der Waals surface area contributed by atoms with E-state index < -0.39 is 0 Å². The molecule has 0 bridgehead atoms. The van der Waals surface area contributed by atoms with Crippen molar-refractivity contribution in [1.29, 1.82) is 0 Å². The maximum Gasteiger partial charge on any atom is 0.220 e. The van der Waals surface area contributed by atoms with Crippen molar-refractivity contribution in [2.75, 3.05) is 39.5 Å². The first-order chi connectivity index (χ1) is 9.52. The topological polar surface area (TPSA) is 59.6 Å². The Kier molecular flexibility index (Phi) is 12.9. The molecular weight excluding hydrogens is 256 g/mol. The molecule has 0 aliphatic heterocycles. The molecule has 0 radical (unpaired) electrons. The first kappa shape index (κ1) is 19.4. The highest BCUT2D eigenvalue weighted by Gasteiger charge is 2.02. The van der Waals surface area contributed by atoms with Crippen LogP contribution in [0, 0.1) is 5.92 Å². The van der Waals surface area contributed by atoms with Gasteiger partial charge in [0.15, 0.2) is 0 Å². The summed E-state index contributed by atoms with van der Waals surface area (Å²) in [5.41, 5.74) is 0. The highest BCUT2D eigenvalue weighted by atomic mass is 16.5. The summed E-state index contributed by atoms with van der Waals surface area (Å²) < 4.78 is 10.8. The van der Waals surface area contributed by atoms with E-state index in [-0.39, 0.29) is 5.91 Å². The lowest BCUT2D eigenvalue weighted by Crippen LogP contribution is -2.28. The summed E-state index contributed by atoms with van der Waals surface area (Å²) in [5, 5.41) is 6.12. The van der Waals surface area contributed by atoms with Crippen LogP contribution in [0.25, 0.3) is 0 Å². The molecule has 0 aliphatic rings. The highest BCUT2D eigenvalue weighted by Crippen LogP contribution is 2.02. The van der Waals surface area contributed by atoms with Crippen molar-refractivity contribution in [2.45, 2.75) is 46.6 Å². The fourth-order valence-corrected chi connectivity index (χ4v) is 1.51. The molecular formula is C15H32N2O3. The van der Waals surface area contributed by atoms with E-state index in [1.165, 1.54) is 0 Å². The zero-order chi connectivity index (χ0) is 15.2. The Labute approximate surface area is 123 Å². The normalized spacial score (nSPS) is 11.3. The molecule has 0 unspecified atom stereocenters. The maximum atomic E-state index is 11.4. The van der Waals surface area contributed by atoms with Gasteiger partial charge in [-0.05, 0) is 12.3 Å². The lowest BCUT2D eigenvalue weighted by atomic mass is 10.1. The Bertz CT molecular complexity index is 233. The van der Waals surface area contributed by atoms with Gasteiger partial charge < -0.3 is 20.1 Å². The quantitative estimate of drug-likeness (QED) is 0.505. The van der Waals surface area contributed by atoms with Gasteiger partial charge in [0.25, 0.3) is 0 Å². The number of carbonyl (C=O) groups is 1. The van der Waals surface area contributed by atoms with Gasteiger partial charge in [-0.1, -0.05) is 27.7 Å². The summed E-state index contributed by atoms with van der Waals surface area (Å²) in [7, 11) is 0. The second kappa shape index (κ2) is 13.3. The van der Waals surface area contributed by atoms with Gasteiger partial charge in [0.2, 0.25) is 5.91 Å². The van der Waals surface area contributed by atoms with Crippen LogP contribution in [-0.2, 0) is 14.3 Å². The fraction of sp³-hybridized carbons (Fsp3) is 0.933. The minimum absolute atomic E-state index is 0.110. The van der Waals surface area contributed by atoms with Crippen LogP contribution in [0.2, 0.25) is 0 Å². The van der Waals surface area contributed by atoms with E-state index in [1.54, 1.807) is 0 Å². The molecule has 2 N–H and O–H groups in total. The molecule has 0 saturated carbocycles. The van der Waals surface area contributed by atoms with Gasteiger partial charge in [-0.2, -0.15) is 0 Å². The van der Waals surface area contributed by atoms with E-state index in [0.717, 1.165) is 13.0 Å². The van der Waals surface area contributed by atoms with Crippen LogP contribution in [-0.4, -0.2) is 51.5 Å². The molecule has 0 atom stereocenters. The lowest BCUT2D eigenvalue weighted by molar-refractivity contribution is -0.121. The van der Waals surface area contributed by atoms with E-state index in [2.05, 4.69) is 38.3 Å². The minimum Gasteiger partial charge on any atom is -0.378 e. The SMILES string of the molecule is CC(C)CCC(=O)NCCOCCOCCNC(C)C. The molecule has 0 rings (SSSR count). The molecule has 0 spiro atoms. The first-order valence-electron chi connectivity index (χ1n) is 7.68. The van der Waals surface area contributed by atoms with E-state index in [4.69, 9.17) is 9.47 Å². The van der Waals surface area contributed by atoms with Crippen LogP contribution in [0.15, 0.2) is 0 Å². The molecule has 0 aliphatic carbocycles. The van der Waals surface area contributed by atoms with Gasteiger partial charge in [0, 0.05) is 25.6 Å². The van der Waals surface area contributed by atoms with Crippen LogP contribution in [0.5, 0.6) is 0 Å². The molecule has 5 heteroatoms. The minimum atomic E-state index is 0.110. The number of carbonyl (C=O) groups excluding carboxylic acids is 1. The second-order valence-electron chi connectivity index (χ2n) is 5.62. The van der Waals surface area contributed by atoms with Gasteiger partial charge in [0.05, 0.1) is 26.4 Å². The lowest BCUT2D eigenvalue weighted by Gasteiger charge is -2.09. The molecule has 0 aromatic carbocycles. The summed E-state index contributed by atoms with van der Waals surface area (Å²) in [5.74, 6) is 0.678. The third kappa shape index (κ3) is 15.4. The van der Waals surface area contributed by atoms with Crippen molar-refractivity contribution in [1.82, 2.24) is 10.6 Å². The summed E-state index contributed by atoms with van der Waals surface area (Å²) in [4.78, 5) is 11.4. The summed E-state index contributed by atoms with van der Waals surface area (Å²) in [6, 6.07) is 0.495. The summed E-state index contributed by atoms with van der Waals surface area (Å²) in [6.45, 7) is 12.3. The summed E-state index contributed by atoms with van der Waals surface area (Å²) in [6.07, 6.45) is 1.54. The van der Waals surface area contributed by atoms with Crippen LogP contribution in [0.3, 0.4) is 0 Å². The van der Waals surface area contributed by atoms with Crippen LogP contribution in [0.4, 0.5) is 0 Å². The van der Waals surface area contributed by atoms with E-state index in [0.29, 0.717) is 51.4 Å². The smallest absolute Gasteiger partial charge is 0.220 e. The van der Waals surface area contributed by atoms with Gasteiger partial charge in [-0.15, -0.1) is 0 Å². The Morgan fingerprint density at radius 2 is 1.55 bits per heavy atom. The van der Waals surface area contributed by atoms with Crippen molar-refractivity contribution in [3.63, 3.8) is 0 Å². The van der Waals surface area contributed by atoms with Crippen LogP contribution in [0.1, 0.15) is 40.5 Å². The third-order valence-corrected chi connectivity index (χ3v) is 2.69. The van der Waals surface area contributed by atoms with Gasteiger partial charge >= 0.3 is 0 Å². The van der Waals surface area contributed by atoms with Crippen LogP contribution < -0.4 is 10.6 Å². The average molecular weight is 288 g/mol. The summed E-state index contributed by atoms with van der Waals surface area (Å²) >= 11 is 0. The van der Waals surface area contributed by atoms with Crippen molar-refractivity contribution in [2.24, 2.45) is 5.92 Å².